The molecule has 3 saturated carbocycles. The van der Waals surface area contributed by atoms with Crippen molar-refractivity contribution in [1.29, 1.82) is 0 Å². The van der Waals surface area contributed by atoms with E-state index in [2.05, 4.69) is 66.8 Å². The lowest BCUT2D eigenvalue weighted by Crippen LogP contribution is -2.51. The monoisotopic (exact) mass is 430 g/mol. The van der Waals surface area contributed by atoms with Crippen molar-refractivity contribution >= 4 is 8.32 Å². The van der Waals surface area contributed by atoms with Gasteiger partial charge in [0, 0.05) is 6.10 Å². The fourth-order valence-electron chi connectivity index (χ4n) is 7.71. The standard InChI is InChI=1S/C27H46O2Si/c1-9-21-24(28)17-23-20-11-10-18-16-19(29-30(7,8)25(2,3)4)12-14-26(18,5)22(20)13-15-27(21,23)6/h9-10,19-20,22-24,28H,11-17H2,1-8H3/b21-9-/t19-,20+,22-,23-,24-,26-,27+/m0/s1. The second kappa shape index (κ2) is 7.32. The van der Waals surface area contributed by atoms with Gasteiger partial charge in [0.15, 0.2) is 8.32 Å². The van der Waals surface area contributed by atoms with Crippen LogP contribution in [0.25, 0.3) is 0 Å². The lowest BCUT2D eigenvalue weighted by Gasteiger charge is -2.58. The van der Waals surface area contributed by atoms with Crippen LogP contribution in [0.2, 0.25) is 18.1 Å². The fraction of sp³-hybridized carbons (Fsp3) is 0.852. The molecule has 0 bridgehead atoms. The topological polar surface area (TPSA) is 29.5 Å². The summed E-state index contributed by atoms with van der Waals surface area (Å²) in [6, 6.07) is 0. The van der Waals surface area contributed by atoms with E-state index in [1.54, 1.807) is 5.57 Å². The van der Waals surface area contributed by atoms with Gasteiger partial charge in [0.2, 0.25) is 0 Å². The maximum Gasteiger partial charge on any atom is 0.192 e. The average Bonchev–Trinajstić information content (AvgIpc) is 2.90. The van der Waals surface area contributed by atoms with Gasteiger partial charge in [-0.25, -0.2) is 0 Å². The van der Waals surface area contributed by atoms with E-state index >= 15 is 0 Å². The molecule has 0 amide bonds. The fourth-order valence-corrected chi connectivity index (χ4v) is 9.09. The number of hydrogen-bond donors (Lipinski definition) is 1. The molecular weight excluding hydrogens is 384 g/mol. The Bertz CT molecular complexity index is 744. The smallest absolute Gasteiger partial charge is 0.192 e. The molecule has 30 heavy (non-hydrogen) atoms. The summed E-state index contributed by atoms with van der Waals surface area (Å²) in [5.74, 6) is 2.17. The number of aliphatic hydroxyl groups excluding tert-OH is 1. The lowest BCUT2D eigenvalue weighted by atomic mass is 9.48. The van der Waals surface area contributed by atoms with E-state index in [1.807, 2.05) is 0 Å². The van der Waals surface area contributed by atoms with E-state index in [1.165, 1.54) is 37.7 Å². The summed E-state index contributed by atoms with van der Waals surface area (Å²) in [5.41, 5.74) is 3.60. The first-order valence-corrected chi connectivity index (χ1v) is 15.5. The third kappa shape index (κ3) is 3.33. The molecule has 0 aliphatic heterocycles. The van der Waals surface area contributed by atoms with Crippen molar-refractivity contribution < 1.29 is 9.53 Å². The Balaban J connectivity index is 1.55. The van der Waals surface area contributed by atoms with Crippen LogP contribution >= 0.6 is 0 Å². The highest BCUT2D eigenvalue weighted by Gasteiger charge is 2.59. The highest BCUT2D eigenvalue weighted by atomic mass is 28.4. The number of hydrogen-bond acceptors (Lipinski definition) is 2. The maximum atomic E-state index is 10.8. The first-order valence-electron chi connectivity index (χ1n) is 12.6. The van der Waals surface area contributed by atoms with Gasteiger partial charge in [-0.05, 0) is 104 Å². The largest absolute Gasteiger partial charge is 0.414 e. The summed E-state index contributed by atoms with van der Waals surface area (Å²) in [5, 5.41) is 11.1. The first kappa shape index (κ1) is 22.8. The Morgan fingerprint density at radius 2 is 1.77 bits per heavy atom. The molecule has 1 N–H and O–H groups in total. The molecule has 4 aliphatic carbocycles. The van der Waals surface area contributed by atoms with E-state index in [0.29, 0.717) is 17.4 Å². The molecule has 0 aromatic carbocycles. The molecule has 0 aromatic rings. The van der Waals surface area contributed by atoms with Crippen molar-refractivity contribution in [1.82, 2.24) is 0 Å². The molecule has 0 spiro atoms. The zero-order chi connectivity index (χ0) is 22.1. The van der Waals surface area contributed by atoms with Gasteiger partial charge in [-0.15, -0.1) is 0 Å². The molecule has 0 aromatic heterocycles. The second-order valence-electron chi connectivity index (χ2n) is 13.0. The van der Waals surface area contributed by atoms with Gasteiger partial charge in [0.25, 0.3) is 0 Å². The molecular formula is C27H46O2Si. The van der Waals surface area contributed by atoms with Crippen molar-refractivity contribution in [2.75, 3.05) is 0 Å². The van der Waals surface area contributed by atoms with Crippen molar-refractivity contribution in [2.45, 2.75) is 117 Å². The third-order valence-electron chi connectivity index (χ3n) is 10.5. The number of fused-ring (bicyclic) bond motifs is 5. The van der Waals surface area contributed by atoms with Crippen molar-refractivity contribution in [2.24, 2.45) is 28.6 Å². The minimum absolute atomic E-state index is 0.212. The minimum atomic E-state index is -1.72. The Hall–Kier alpha value is -0.383. The molecule has 0 radical (unpaired) electrons. The Labute approximate surface area is 186 Å². The lowest BCUT2D eigenvalue weighted by molar-refractivity contribution is -0.0264. The summed E-state index contributed by atoms with van der Waals surface area (Å²) in [7, 11) is -1.72. The third-order valence-corrected chi connectivity index (χ3v) is 15.1. The molecule has 4 aliphatic rings. The highest BCUT2D eigenvalue weighted by Crippen LogP contribution is 2.66. The van der Waals surface area contributed by atoms with Gasteiger partial charge in [0.05, 0.1) is 6.10 Å². The number of rotatable bonds is 2. The molecule has 3 heteroatoms. The van der Waals surface area contributed by atoms with Gasteiger partial charge in [-0.1, -0.05) is 52.3 Å². The minimum Gasteiger partial charge on any atom is -0.414 e. The summed E-state index contributed by atoms with van der Waals surface area (Å²) < 4.78 is 6.86. The predicted octanol–water partition coefficient (Wildman–Crippen LogP) is 7.26. The number of allylic oxidation sites excluding steroid dienone is 2. The van der Waals surface area contributed by atoms with Crippen molar-refractivity contribution in [3.63, 3.8) is 0 Å². The summed E-state index contributed by atoms with van der Waals surface area (Å²) in [6.45, 7) is 19.0. The van der Waals surface area contributed by atoms with Crippen LogP contribution < -0.4 is 0 Å². The molecule has 0 unspecified atom stereocenters. The highest BCUT2D eigenvalue weighted by molar-refractivity contribution is 6.74. The average molecular weight is 431 g/mol. The molecule has 0 saturated heterocycles. The van der Waals surface area contributed by atoms with E-state index in [0.717, 1.165) is 24.7 Å². The van der Waals surface area contributed by atoms with E-state index in [4.69, 9.17) is 4.43 Å². The molecule has 2 nitrogen and oxygen atoms in total. The van der Waals surface area contributed by atoms with Gasteiger partial charge in [-0.2, -0.15) is 0 Å². The SMILES string of the molecule is C/C=C1/[C@@H](O)C[C@H]2[C@@H]3CC=C4C[C@@H](O[Si](C)(C)C(C)(C)C)CC[C@]4(C)[C@H]3CC[C@]12C. The van der Waals surface area contributed by atoms with Crippen LogP contribution in [0.15, 0.2) is 23.3 Å². The molecule has 3 fully saturated rings. The van der Waals surface area contributed by atoms with Crippen LogP contribution in [0, 0.1) is 28.6 Å². The zero-order valence-electron chi connectivity index (χ0n) is 20.8. The van der Waals surface area contributed by atoms with Crippen molar-refractivity contribution in [3.8, 4) is 0 Å². The van der Waals surface area contributed by atoms with Gasteiger partial charge in [0.1, 0.15) is 0 Å². The predicted molar refractivity (Wildman–Crippen MR) is 129 cm³/mol. The van der Waals surface area contributed by atoms with E-state index in [9.17, 15) is 5.11 Å². The second-order valence-corrected chi connectivity index (χ2v) is 17.7. The van der Waals surface area contributed by atoms with Crippen LogP contribution in [-0.4, -0.2) is 25.6 Å². The van der Waals surface area contributed by atoms with Crippen LogP contribution in [-0.2, 0) is 4.43 Å². The Kier molecular flexibility index (Phi) is 5.56. The molecule has 7 atom stereocenters. The van der Waals surface area contributed by atoms with Crippen LogP contribution in [0.4, 0.5) is 0 Å². The summed E-state index contributed by atoms with van der Waals surface area (Å²) in [4.78, 5) is 0. The van der Waals surface area contributed by atoms with E-state index in [-0.39, 0.29) is 16.6 Å². The Morgan fingerprint density at radius 1 is 1.10 bits per heavy atom. The van der Waals surface area contributed by atoms with Gasteiger partial charge in [-0.3, -0.25) is 0 Å². The van der Waals surface area contributed by atoms with Crippen molar-refractivity contribution in [3.05, 3.63) is 23.3 Å². The Morgan fingerprint density at radius 3 is 2.40 bits per heavy atom. The van der Waals surface area contributed by atoms with Crippen LogP contribution in [0.1, 0.15) is 86.5 Å². The normalized spacial score (nSPS) is 45.6. The number of aliphatic hydroxyl groups is 1. The quantitative estimate of drug-likeness (QED) is 0.369. The molecule has 0 heterocycles. The first-order chi connectivity index (χ1) is 13.8. The van der Waals surface area contributed by atoms with Gasteiger partial charge < -0.3 is 9.53 Å². The van der Waals surface area contributed by atoms with Crippen LogP contribution in [0.3, 0.4) is 0 Å². The molecule has 4 rings (SSSR count). The van der Waals surface area contributed by atoms with E-state index < -0.39 is 8.32 Å². The zero-order valence-corrected chi connectivity index (χ0v) is 21.8. The molecule has 170 valence electrons. The summed E-state index contributed by atoms with van der Waals surface area (Å²) in [6.07, 6.45) is 13.5. The maximum absolute atomic E-state index is 10.8. The van der Waals surface area contributed by atoms with Gasteiger partial charge >= 0.3 is 0 Å². The van der Waals surface area contributed by atoms with Crippen LogP contribution in [0.5, 0.6) is 0 Å². The summed E-state index contributed by atoms with van der Waals surface area (Å²) >= 11 is 0.